The standard InChI is InChI=1S/C13H19ClN2O/c1-9(2)12(15)7-13(17)16-8-10-4-3-5-11(14)6-10/h3-6,9,12H,7-8,15H2,1-2H3,(H,16,17). The first-order chi connectivity index (χ1) is 7.99. The number of rotatable bonds is 5. The highest BCUT2D eigenvalue weighted by Gasteiger charge is 2.12. The average Bonchev–Trinajstić information content (AvgIpc) is 2.26. The maximum atomic E-state index is 11.6. The number of hydrogen-bond donors (Lipinski definition) is 2. The SMILES string of the molecule is CC(C)C(N)CC(=O)NCc1cccc(Cl)c1. The topological polar surface area (TPSA) is 55.1 Å². The van der Waals surface area contributed by atoms with Gasteiger partial charge in [0.05, 0.1) is 0 Å². The highest BCUT2D eigenvalue weighted by atomic mass is 35.5. The summed E-state index contributed by atoms with van der Waals surface area (Å²) in [6.07, 6.45) is 0.359. The molecule has 1 aromatic carbocycles. The molecule has 1 amide bonds. The summed E-state index contributed by atoms with van der Waals surface area (Å²) in [5.74, 6) is 0.290. The molecule has 1 atom stereocenters. The second kappa shape index (κ2) is 6.62. The van der Waals surface area contributed by atoms with Crippen molar-refractivity contribution in [1.29, 1.82) is 0 Å². The lowest BCUT2D eigenvalue weighted by Crippen LogP contribution is -2.34. The van der Waals surface area contributed by atoms with Crippen molar-refractivity contribution in [2.24, 2.45) is 11.7 Å². The van der Waals surface area contributed by atoms with Crippen LogP contribution < -0.4 is 11.1 Å². The summed E-state index contributed by atoms with van der Waals surface area (Å²) in [7, 11) is 0. The summed E-state index contributed by atoms with van der Waals surface area (Å²) < 4.78 is 0. The summed E-state index contributed by atoms with van der Waals surface area (Å²) in [4.78, 5) is 11.6. The molecule has 94 valence electrons. The Bertz CT molecular complexity index is 379. The van der Waals surface area contributed by atoms with Gasteiger partial charge in [-0.2, -0.15) is 0 Å². The van der Waals surface area contributed by atoms with Crippen molar-refractivity contribution in [3.63, 3.8) is 0 Å². The van der Waals surface area contributed by atoms with Crippen LogP contribution in [0.15, 0.2) is 24.3 Å². The molecular formula is C13H19ClN2O. The van der Waals surface area contributed by atoms with Gasteiger partial charge < -0.3 is 11.1 Å². The van der Waals surface area contributed by atoms with Gasteiger partial charge in [-0.25, -0.2) is 0 Å². The molecule has 0 fully saturated rings. The van der Waals surface area contributed by atoms with Gasteiger partial charge in [-0.05, 0) is 23.6 Å². The van der Waals surface area contributed by atoms with E-state index >= 15 is 0 Å². The molecule has 0 radical (unpaired) electrons. The number of benzene rings is 1. The second-order valence-corrected chi connectivity index (χ2v) is 4.96. The van der Waals surface area contributed by atoms with Crippen LogP contribution in [-0.2, 0) is 11.3 Å². The highest BCUT2D eigenvalue weighted by Crippen LogP contribution is 2.10. The van der Waals surface area contributed by atoms with E-state index in [1.54, 1.807) is 0 Å². The maximum Gasteiger partial charge on any atom is 0.221 e. The van der Waals surface area contributed by atoms with Crippen molar-refractivity contribution >= 4 is 17.5 Å². The van der Waals surface area contributed by atoms with Crippen LogP contribution in [0.2, 0.25) is 5.02 Å². The number of amides is 1. The van der Waals surface area contributed by atoms with Crippen LogP contribution in [0.3, 0.4) is 0 Å². The molecule has 3 N–H and O–H groups in total. The third kappa shape index (κ3) is 5.20. The van der Waals surface area contributed by atoms with Gasteiger partial charge in [0.25, 0.3) is 0 Å². The van der Waals surface area contributed by atoms with Crippen molar-refractivity contribution in [2.45, 2.75) is 32.9 Å². The molecule has 0 aliphatic carbocycles. The Hall–Kier alpha value is -1.06. The Morgan fingerprint density at radius 2 is 2.18 bits per heavy atom. The fourth-order valence-electron chi connectivity index (χ4n) is 1.37. The van der Waals surface area contributed by atoms with Gasteiger partial charge in [-0.15, -0.1) is 0 Å². The fraction of sp³-hybridized carbons (Fsp3) is 0.462. The van der Waals surface area contributed by atoms with Crippen molar-refractivity contribution in [3.05, 3.63) is 34.9 Å². The van der Waals surface area contributed by atoms with Crippen LogP contribution in [0.1, 0.15) is 25.8 Å². The van der Waals surface area contributed by atoms with E-state index in [4.69, 9.17) is 17.3 Å². The smallest absolute Gasteiger partial charge is 0.221 e. The van der Waals surface area contributed by atoms with E-state index in [0.29, 0.717) is 23.9 Å². The van der Waals surface area contributed by atoms with E-state index in [-0.39, 0.29) is 11.9 Å². The molecule has 0 spiro atoms. The van der Waals surface area contributed by atoms with Gasteiger partial charge in [-0.1, -0.05) is 37.6 Å². The maximum absolute atomic E-state index is 11.6. The molecule has 0 aromatic heterocycles. The minimum atomic E-state index is -0.0886. The molecule has 0 bridgehead atoms. The fourth-order valence-corrected chi connectivity index (χ4v) is 1.58. The minimum absolute atomic E-state index is 0.0221. The van der Waals surface area contributed by atoms with Crippen LogP contribution in [0.4, 0.5) is 0 Å². The lowest BCUT2D eigenvalue weighted by atomic mass is 10.0. The predicted octanol–water partition coefficient (Wildman–Crippen LogP) is 2.33. The van der Waals surface area contributed by atoms with Gasteiger partial charge in [0.1, 0.15) is 0 Å². The molecule has 0 aliphatic rings. The monoisotopic (exact) mass is 254 g/mol. The quantitative estimate of drug-likeness (QED) is 0.847. The lowest BCUT2D eigenvalue weighted by molar-refractivity contribution is -0.121. The number of carbonyl (C=O) groups excluding carboxylic acids is 1. The van der Waals surface area contributed by atoms with Crippen LogP contribution >= 0.6 is 11.6 Å². The van der Waals surface area contributed by atoms with Gasteiger partial charge in [-0.3, -0.25) is 4.79 Å². The zero-order valence-corrected chi connectivity index (χ0v) is 11.0. The molecule has 1 aromatic rings. The third-order valence-corrected chi connectivity index (χ3v) is 2.89. The lowest BCUT2D eigenvalue weighted by Gasteiger charge is -2.15. The first kappa shape index (κ1) is 14.0. The number of nitrogens with one attached hydrogen (secondary N) is 1. The van der Waals surface area contributed by atoms with E-state index in [9.17, 15) is 4.79 Å². The minimum Gasteiger partial charge on any atom is -0.352 e. The van der Waals surface area contributed by atoms with Crippen LogP contribution in [0.25, 0.3) is 0 Å². The summed E-state index contributed by atoms with van der Waals surface area (Å²) in [6, 6.07) is 7.35. The summed E-state index contributed by atoms with van der Waals surface area (Å²) >= 11 is 5.85. The molecule has 3 nitrogen and oxygen atoms in total. The van der Waals surface area contributed by atoms with Crippen LogP contribution in [0.5, 0.6) is 0 Å². The molecule has 0 heterocycles. The molecule has 1 unspecified atom stereocenters. The normalized spacial score (nSPS) is 12.5. The van der Waals surface area contributed by atoms with Crippen molar-refractivity contribution in [2.75, 3.05) is 0 Å². The number of halogens is 1. The molecule has 0 saturated heterocycles. The van der Waals surface area contributed by atoms with E-state index < -0.39 is 0 Å². The average molecular weight is 255 g/mol. The van der Waals surface area contributed by atoms with Gasteiger partial charge in [0.2, 0.25) is 5.91 Å². The van der Waals surface area contributed by atoms with E-state index in [2.05, 4.69) is 5.32 Å². The largest absolute Gasteiger partial charge is 0.352 e. The molecule has 0 saturated carbocycles. The summed E-state index contributed by atoms with van der Waals surface area (Å²) in [5.41, 5.74) is 6.82. The van der Waals surface area contributed by atoms with E-state index in [0.717, 1.165) is 5.56 Å². The second-order valence-electron chi connectivity index (χ2n) is 4.52. The highest BCUT2D eigenvalue weighted by molar-refractivity contribution is 6.30. The molecule has 1 rings (SSSR count). The zero-order chi connectivity index (χ0) is 12.8. The first-order valence-electron chi connectivity index (χ1n) is 5.75. The molecular weight excluding hydrogens is 236 g/mol. The zero-order valence-electron chi connectivity index (χ0n) is 10.2. The third-order valence-electron chi connectivity index (χ3n) is 2.66. The molecule has 4 heteroatoms. The van der Waals surface area contributed by atoms with E-state index in [1.807, 2.05) is 38.1 Å². The molecule has 0 aliphatic heterocycles. The van der Waals surface area contributed by atoms with Crippen LogP contribution in [-0.4, -0.2) is 11.9 Å². The van der Waals surface area contributed by atoms with Crippen molar-refractivity contribution < 1.29 is 4.79 Å². The van der Waals surface area contributed by atoms with E-state index in [1.165, 1.54) is 0 Å². The Kier molecular flexibility index (Phi) is 5.45. The van der Waals surface area contributed by atoms with Crippen molar-refractivity contribution in [1.82, 2.24) is 5.32 Å². The number of carbonyl (C=O) groups is 1. The number of hydrogen-bond acceptors (Lipinski definition) is 2. The van der Waals surface area contributed by atoms with Gasteiger partial charge >= 0.3 is 0 Å². The predicted molar refractivity (Wildman–Crippen MR) is 70.7 cm³/mol. The number of nitrogens with two attached hydrogens (primary N) is 1. The summed E-state index contributed by atoms with van der Waals surface area (Å²) in [6.45, 7) is 4.51. The Morgan fingerprint density at radius 3 is 2.76 bits per heavy atom. The Labute approximate surface area is 107 Å². The van der Waals surface area contributed by atoms with Gasteiger partial charge in [0, 0.05) is 24.0 Å². The Balaban J connectivity index is 2.38. The first-order valence-corrected chi connectivity index (χ1v) is 6.13. The van der Waals surface area contributed by atoms with Crippen molar-refractivity contribution in [3.8, 4) is 0 Å². The summed E-state index contributed by atoms with van der Waals surface area (Å²) in [5, 5.41) is 3.51. The van der Waals surface area contributed by atoms with Crippen LogP contribution in [0, 0.1) is 5.92 Å². The van der Waals surface area contributed by atoms with Gasteiger partial charge in [0.15, 0.2) is 0 Å². The molecule has 17 heavy (non-hydrogen) atoms. The Morgan fingerprint density at radius 1 is 1.47 bits per heavy atom.